The normalized spacial score (nSPS) is 10.2. The highest BCUT2D eigenvalue weighted by Crippen LogP contribution is 2.27. The summed E-state index contributed by atoms with van der Waals surface area (Å²) in [5.41, 5.74) is 1.15. The zero-order chi connectivity index (χ0) is 14.9. The fraction of sp³-hybridized carbons (Fsp3) is 0.294. The topological polar surface area (TPSA) is 39.7 Å². The summed E-state index contributed by atoms with van der Waals surface area (Å²) in [7, 11) is 3.28. The van der Waals surface area contributed by atoms with Crippen molar-refractivity contribution in [2.45, 2.75) is 6.54 Å². The molecule has 0 saturated heterocycles. The summed E-state index contributed by atoms with van der Waals surface area (Å²) < 4.78 is 16.1. The van der Waals surface area contributed by atoms with Crippen LogP contribution in [-0.4, -0.2) is 27.4 Å². The van der Waals surface area contributed by atoms with Crippen LogP contribution < -0.4 is 19.5 Å². The lowest BCUT2D eigenvalue weighted by Crippen LogP contribution is -2.20. The molecule has 0 aliphatic heterocycles. The van der Waals surface area contributed by atoms with Gasteiger partial charge >= 0.3 is 0 Å². The van der Waals surface area contributed by atoms with E-state index in [2.05, 4.69) is 5.32 Å². The summed E-state index contributed by atoms with van der Waals surface area (Å²) in [5.74, 6) is 2.39. The largest absolute Gasteiger partial charge is 0.493 e. The minimum absolute atomic E-state index is 0.636. The molecule has 21 heavy (non-hydrogen) atoms. The van der Waals surface area contributed by atoms with Gasteiger partial charge in [-0.15, -0.1) is 0 Å². The molecule has 0 aliphatic carbocycles. The smallest absolute Gasteiger partial charge is 0.161 e. The Morgan fingerprint density at radius 3 is 2.38 bits per heavy atom. The molecule has 0 bridgehead atoms. The summed E-state index contributed by atoms with van der Waals surface area (Å²) in [6.07, 6.45) is 0. The molecule has 2 aromatic rings. The molecule has 0 aromatic heterocycles. The fourth-order valence-corrected chi connectivity index (χ4v) is 1.98. The van der Waals surface area contributed by atoms with Crippen LogP contribution in [0.25, 0.3) is 0 Å². The van der Waals surface area contributed by atoms with Crippen molar-refractivity contribution in [1.82, 2.24) is 5.32 Å². The first-order valence-corrected chi connectivity index (χ1v) is 6.93. The maximum Gasteiger partial charge on any atom is 0.161 e. The standard InChI is InChI=1S/C17H21NO3/c1-19-16-9-8-14(12-17(16)20-2)13-18-10-11-21-15-6-4-3-5-7-15/h3-9,12,18H,10-11,13H2,1-2H3. The van der Waals surface area contributed by atoms with Gasteiger partial charge in [-0.1, -0.05) is 24.3 Å². The summed E-state index contributed by atoms with van der Waals surface area (Å²) in [4.78, 5) is 0. The molecule has 2 rings (SSSR count). The second-order valence-corrected chi connectivity index (χ2v) is 4.53. The third-order valence-electron chi connectivity index (χ3n) is 3.07. The van der Waals surface area contributed by atoms with Crippen molar-refractivity contribution >= 4 is 0 Å². The lowest BCUT2D eigenvalue weighted by Gasteiger charge is -2.10. The number of hydrogen-bond acceptors (Lipinski definition) is 4. The maximum absolute atomic E-state index is 5.62. The van der Waals surface area contributed by atoms with E-state index in [-0.39, 0.29) is 0 Å². The van der Waals surface area contributed by atoms with E-state index in [1.54, 1.807) is 14.2 Å². The Balaban J connectivity index is 1.73. The van der Waals surface area contributed by atoms with E-state index in [1.165, 1.54) is 0 Å². The molecule has 0 atom stereocenters. The SMILES string of the molecule is COc1ccc(CNCCOc2ccccc2)cc1OC. The second kappa shape index (κ2) is 8.17. The van der Waals surface area contributed by atoms with Crippen molar-refractivity contribution in [3.63, 3.8) is 0 Å². The van der Waals surface area contributed by atoms with Crippen LogP contribution in [-0.2, 0) is 6.54 Å². The number of para-hydroxylation sites is 1. The molecular weight excluding hydrogens is 266 g/mol. The molecular formula is C17H21NO3. The molecule has 0 saturated carbocycles. The number of nitrogens with one attached hydrogen (secondary N) is 1. The predicted molar refractivity (Wildman–Crippen MR) is 83.2 cm³/mol. The van der Waals surface area contributed by atoms with Crippen LogP contribution in [0.2, 0.25) is 0 Å². The minimum atomic E-state index is 0.636. The molecule has 1 N–H and O–H groups in total. The monoisotopic (exact) mass is 287 g/mol. The lowest BCUT2D eigenvalue weighted by atomic mass is 10.2. The van der Waals surface area contributed by atoms with Crippen LogP contribution >= 0.6 is 0 Å². The van der Waals surface area contributed by atoms with Crippen LogP contribution in [0.3, 0.4) is 0 Å². The van der Waals surface area contributed by atoms with Crippen molar-refractivity contribution in [3.8, 4) is 17.2 Å². The average molecular weight is 287 g/mol. The van der Waals surface area contributed by atoms with Gasteiger partial charge in [-0.25, -0.2) is 0 Å². The quantitative estimate of drug-likeness (QED) is 0.758. The van der Waals surface area contributed by atoms with E-state index in [1.807, 2.05) is 48.5 Å². The van der Waals surface area contributed by atoms with E-state index < -0.39 is 0 Å². The Labute approximate surface area is 125 Å². The maximum atomic E-state index is 5.62. The zero-order valence-corrected chi connectivity index (χ0v) is 12.5. The Morgan fingerprint density at radius 2 is 1.67 bits per heavy atom. The van der Waals surface area contributed by atoms with Gasteiger partial charge in [0.25, 0.3) is 0 Å². The van der Waals surface area contributed by atoms with Crippen LogP contribution in [0.15, 0.2) is 48.5 Å². The molecule has 2 aromatic carbocycles. The van der Waals surface area contributed by atoms with Gasteiger partial charge in [0, 0.05) is 13.1 Å². The van der Waals surface area contributed by atoms with Gasteiger partial charge in [0.15, 0.2) is 11.5 Å². The van der Waals surface area contributed by atoms with Crippen molar-refractivity contribution < 1.29 is 14.2 Å². The first-order valence-electron chi connectivity index (χ1n) is 6.93. The van der Waals surface area contributed by atoms with Gasteiger partial charge in [0.05, 0.1) is 14.2 Å². The van der Waals surface area contributed by atoms with Crippen LogP contribution in [0.1, 0.15) is 5.56 Å². The van der Waals surface area contributed by atoms with Gasteiger partial charge in [-0.2, -0.15) is 0 Å². The van der Waals surface area contributed by atoms with Gasteiger partial charge in [-0.05, 0) is 29.8 Å². The Kier molecular flexibility index (Phi) is 5.91. The molecule has 112 valence electrons. The second-order valence-electron chi connectivity index (χ2n) is 4.53. The number of rotatable bonds is 8. The van der Waals surface area contributed by atoms with E-state index in [0.29, 0.717) is 6.61 Å². The fourth-order valence-electron chi connectivity index (χ4n) is 1.98. The Bertz CT molecular complexity index is 543. The van der Waals surface area contributed by atoms with Gasteiger partial charge < -0.3 is 19.5 Å². The average Bonchev–Trinajstić information content (AvgIpc) is 2.55. The van der Waals surface area contributed by atoms with E-state index in [0.717, 1.165) is 35.9 Å². The first-order chi connectivity index (χ1) is 10.3. The minimum Gasteiger partial charge on any atom is -0.493 e. The van der Waals surface area contributed by atoms with Gasteiger partial charge in [-0.3, -0.25) is 0 Å². The molecule has 4 nitrogen and oxygen atoms in total. The summed E-state index contributed by atoms with van der Waals surface area (Å²) in [6.45, 7) is 2.18. The van der Waals surface area contributed by atoms with Crippen molar-refractivity contribution in [2.75, 3.05) is 27.4 Å². The molecule has 0 amide bonds. The van der Waals surface area contributed by atoms with E-state index >= 15 is 0 Å². The zero-order valence-electron chi connectivity index (χ0n) is 12.5. The molecule has 0 spiro atoms. The van der Waals surface area contributed by atoms with E-state index in [4.69, 9.17) is 14.2 Å². The summed E-state index contributed by atoms with van der Waals surface area (Å²) >= 11 is 0. The molecule has 0 radical (unpaired) electrons. The van der Waals surface area contributed by atoms with Crippen molar-refractivity contribution in [3.05, 3.63) is 54.1 Å². The van der Waals surface area contributed by atoms with Crippen molar-refractivity contribution in [1.29, 1.82) is 0 Å². The van der Waals surface area contributed by atoms with Crippen LogP contribution in [0, 0.1) is 0 Å². The van der Waals surface area contributed by atoms with Crippen molar-refractivity contribution in [2.24, 2.45) is 0 Å². The molecule has 0 aliphatic rings. The third-order valence-corrected chi connectivity index (χ3v) is 3.07. The Morgan fingerprint density at radius 1 is 0.905 bits per heavy atom. The van der Waals surface area contributed by atoms with E-state index in [9.17, 15) is 0 Å². The van der Waals surface area contributed by atoms with Crippen LogP contribution in [0.4, 0.5) is 0 Å². The Hall–Kier alpha value is -2.20. The molecule has 0 heterocycles. The number of benzene rings is 2. The molecule has 0 fully saturated rings. The summed E-state index contributed by atoms with van der Waals surface area (Å²) in [5, 5.41) is 3.34. The van der Waals surface area contributed by atoms with Gasteiger partial charge in [0.2, 0.25) is 0 Å². The molecule has 0 unspecified atom stereocenters. The third kappa shape index (κ3) is 4.68. The highest BCUT2D eigenvalue weighted by molar-refractivity contribution is 5.42. The highest BCUT2D eigenvalue weighted by Gasteiger charge is 2.04. The van der Waals surface area contributed by atoms with Gasteiger partial charge in [0.1, 0.15) is 12.4 Å². The highest BCUT2D eigenvalue weighted by atomic mass is 16.5. The number of ether oxygens (including phenoxy) is 3. The molecule has 4 heteroatoms. The lowest BCUT2D eigenvalue weighted by molar-refractivity contribution is 0.313. The summed E-state index contributed by atoms with van der Waals surface area (Å²) in [6, 6.07) is 15.7. The first kappa shape index (κ1) is 15.2. The number of hydrogen-bond donors (Lipinski definition) is 1. The predicted octanol–water partition coefficient (Wildman–Crippen LogP) is 2.87. The number of methoxy groups -OCH3 is 2. The van der Waals surface area contributed by atoms with Crippen LogP contribution in [0.5, 0.6) is 17.2 Å².